The van der Waals surface area contributed by atoms with Crippen molar-refractivity contribution in [1.82, 2.24) is 4.90 Å². The van der Waals surface area contributed by atoms with Gasteiger partial charge in [0.2, 0.25) is 5.91 Å². The van der Waals surface area contributed by atoms with Crippen molar-refractivity contribution < 1.29 is 19.4 Å². The summed E-state index contributed by atoms with van der Waals surface area (Å²) >= 11 is 0. The molecule has 0 radical (unpaired) electrons. The zero-order chi connectivity index (χ0) is 13.8. The van der Waals surface area contributed by atoms with Crippen LogP contribution in [0, 0.1) is 5.92 Å². The second kappa shape index (κ2) is 6.37. The lowest BCUT2D eigenvalue weighted by atomic mass is 10.0. The summed E-state index contributed by atoms with van der Waals surface area (Å²) in [6.07, 6.45) is 5.37. The third kappa shape index (κ3) is 3.47. The fourth-order valence-electron chi connectivity index (χ4n) is 3.07. The number of rotatable bonds is 4. The van der Waals surface area contributed by atoms with Crippen LogP contribution in [-0.2, 0) is 14.3 Å². The molecule has 0 saturated carbocycles. The van der Waals surface area contributed by atoms with Gasteiger partial charge in [-0.1, -0.05) is 6.92 Å². The van der Waals surface area contributed by atoms with E-state index in [9.17, 15) is 14.7 Å². The van der Waals surface area contributed by atoms with Gasteiger partial charge in [0.05, 0.1) is 6.10 Å². The number of hydrogen-bond donors (Lipinski definition) is 1. The van der Waals surface area contributed by atoms with E-state index in [1.807, 2.05) is 6.92 Å². The van der Waals surface area contributed by atoms with Crippen LogP contribution >= 0.6 is 0 Å². The molecule has 108 valence electrons. The lowest BCUT2D eigenvalue weighted by molar-refractivity contribution is -0.149. The fraction of sp³-hybridized carbons (Fsp3) is 0.857. The van der Waals surface area contributed by atoms with Gasteiger partial charge in [0.1, 0.15) is 6.04 Å². The van der Waals surface area contributed by atoms with Crippen molar-refractivity contribution >= 4 is 11.9 Å². The minimum Gasteiger partial charge on any atom is -0.480 e. The molecule has 2 aliphatic rings. The number of nitrogens with zero attached hydrogens (tertiary/aromatic N) is 1. The number of likely N-dealkylation sites (tertiary alicyclic amines) is 1. The molecule has 2 heterocycles. The number of carboxylic acid groups (broad SMARTS) is 1. The highest BCUT2D eigenvalue weighted by Gasteiger charge is 2.39. The Hall–Kier alpha value is -1.10. The van der Waals surface area contributed by atoms with E-state index in [4.69, 9.17) is 4.74 Å². The van der Waals surface area contributed by atoms with Gasteiger partial charge in [-0.15, -0.1) is 0 Å². The maximum Gasteiger partial charge on any atom is 0.326 e. The van der Waals surface area contributed by atoms with Crippen molar-refractivity contribution in [2.24, 2.45) is 5.92 Å². The van der Waals surface area contributed by atoms with Gasteiger partial charge in [0, 0.05) is 19.6 Å². The van der Waals surface area contributed by atoms with Gasteiger partial charge in [-0.05, 0) is 38.0 Å². The predicted octanol–water partition coefficient (Wildman–Crippen LogP) is 1.66. The van der Waals surface area contributed by atoms with E-state index in [0.29, 0.717) is 13.0 Å². The average Bonchev–Trinajstić information content (AvgIpc) is 2.79. The molecule has 1 N–H and O–H groups in total. The number of carbonyl (C=O) groups is 2. The molecule has 19 heavy (non-hydrogen) atoms. The maximum absolute atomic E-state index is 12.2. The van der Waals surface area contributed by atoms with Gasteiger partial charge in [-0.2, -0.15) is 0 Å². The van der Waals surface area contributed by atoms with Gasteiger partial charge in [-0.3, -0.25) is 4.79 Å². The van der Waals surface area contributed by atoms with E-state index in [2.05, 4.69) is 0 Å². The van der Waals surface area contributed by atoms with E-state index in [1.165, 1.54) is 4.90 Å². The standard InChI is InChI=1S/C14H23NO4/c1-10-7-8-15(13(10)14(17)18)12(16)6-5-11-4-2-3-9-19-11/h10-11,13H,2-9H2,1H3,(H,17,18). The summed E-state index contributed by atoms with van der Waals surface area (Å²) < 4.78 is 5.60. The van der Waals surface area contributed by atoms with Gasteiger partial charge in [0.15, 0.2) is 0 Å². The van der Waals surface area contributed by atoms with Crippen molar-refractivity contribution in [3.8, 4) is 0 Å². The highest BCUT2D eigenvalue weighted by Crippen LogP contribution is 2.26. The minimum absolute atomic E-state index is 0.0362. The highest BCUT2D eigenvalue weighted by atomic mass is 16.5. The van der Waals surface area contributed by atoms with Crippen LogP contribution in [0.4, 0.5) is 0 Å². The molecule has 3 unspecified atom stereocenters. The number of carboxylic acids is 1. The molecule has 0 aromatic heterocycles. The number of hydrogen-bond acceptors (Lipinski definition) is 3. The largest absolute Gasteiger partial charge is 0.480 e. The first-order valence-corrected chi connectivity index (χ1v) is 7.23. The minimum atomic E-state index is -0.882. The molecule has 5 nitrogen and oxygen atoms in total. The topological polar surface area (TPSA) is 66.8 Å². The van der Waals surface area contributed by atoms with Gasteiger partial charge in [-0.25, -0.2) is 4.79 Å². The fourth-order valence-corrected chi connectivity index (χ4v) is 3.07. The lowest BCUT2D eigenvalue weighted by Crippen LogP contribution is -2.43. The Morgan fingerprint density at radius 3 is 2.74 bits per heavy atom. The molecule has 2 aliphatic heterocycles. The lowest BCUT2D eigenvalue weighted by Gasteiger charge is -2.26. The van der Waals surface area contributed by atoms with Gasteiger partial charge >= 0.3 is 5.97 Å². The number of ether oxygens (including phenoxy) is 1. The Morgan fingerprint density at radius 1 is 1.32 bits per heavy atom. The molecule has 0 aromatic carbocycles. The van der Waals surface area contributed by atoms with E-state index < -0.39 is 12.0 Å². The monoisotopic (exact) mass is 269 g/mol. The molecule has 3 atom stereocenters. The number of amides is 1. The van der Waals surface area contributed by atoms with Crippen molar-refractivity contribution in [2.45, 2.75) is 57.6 Å². The molecule has 0 spiro atoms. The molecular formula is C14H23NO4. The van der Waals surface area contributed by atoms with Crippen LogP contribution in [0.15, 0.2) is 0 Å². The molecule has 1 amide bonds. The summed E-state index contributed by atoms with van der Waals surface area (Å²) in [6.45, 7) is 3.26. The third-order valence-corrected chi connectivity index (χ3v) is 4.23. The smallest absolute Gasteiger partial charge is 0.326 e. The first kappa shape index (κ1) is 14.3. The van der Waals surface area contributed by atoms with Crippen LogP contribution in [0.25, 0.3) is 0 Å². The van der Waals surface area contributed by atoms with Crippen LogP contribution in [0.3, 0.4) is 0 Å². The SMILES string of the molecule is CC1CCN(C(=O)CCC2CCCCO2)C1C(=O)O. The Morgan fingerprint density at radius 2 is 2.11 bits per heavy atom. The summed E-state index contributed by atoms with van der Waals surface area (Å²) in [7, 11) is 0. The molecule has 0 aromatic rings. The normalized spacial score (nSPS) is 31.4. The molecule has 2 fully saturated rings. The molecule has 0 bridgehead atoms. The summed E-state index contributed by atoms with van der Waals surface area (Å²) in [5, 5.41) is 9.20. The maximum atomic E-state index is 12.2. The van der Waals surface area contributed by atoms with Crippen molar-refractivity contribution in [1.29, 1.82) is 0 Å². The summed E-state index contributed by atoms with van der Waals surface area (Å²) in [4.78, 5) is 24.9. The quantitative estimate of drug-likeness (QED) is 0.843. The predicted molar refractivity (Wildman–Crippen MR) is 69.7 cm³/mol. The van der Waals surface area contributed by atoms with E-state index in [1.54, 1.807) is 0 Å². The van der Waals surface area contributed by atoms with E-state index in [0.717, 1.165) is 38.7 Å². The number of carbonyl (C=O) groups excluding carboxylic acids is 1. The molecular weight excluding hydrogens is 246 g/mol. The summed E-state index contributed by atoms with van der Waals surface area (Å²) in [6, 6.07) is -0.639. The van der Waals surface area contributed by atoms with Crippen LogP contribution in [-0.4, -0.2) is 47.2 Å². The molecule has 2 rings (SSSR count). The van der Waals surface area contributed by atoms with Gasteiger partial charge < -0.3 is 14.7 Å². The second-order valence-corrected chi connectivity index (χ2v) is 5.66. The number of aliphatic carboxylic acids is 1. The van der Waals surface area contributed by atoms with Crippen molar-refractivity contribution in [3.63, 3.8) is 0 Å². The summed E-state index contributed by atoms with van der Waals surface area (Å²) in [5.41, 5.74) is 0. The molecule has 2 saturated heterocycles. The van der Waals surface area contributed by atoms with E-state index in [-0.39, 0.29) is 17.9 Å². The Bertz CT molecular complexity index is 338. The Labute approximate surface area is 113 Å². The van der Waals surface area contributed by atoms with Crippen LogP contribution in [0.2, 0.25) is 0 Å². The van der Waals surface area contributed by atoms with Crippen molar-refractivity contribution in [3.05, 3.63) is 0 Å². The zero-order valence-electron chi connectivity index (χ0n) is 11.5. The first-order valence-electron chi connectivity index (χ1n) is 7.23. The molecule has 0 aliphatic carbocycles. The Kier molecular flexibility index (Phi) is 4.80. The molecule has 5 heteroatoms. The highest BCUT2D eigenvalue weighted by molar-refractivity contribution is 5.84. The van der Waals surface area contributed by atoms with E-state index >= 15 is 0 Å². The third-order valence-electron chi connectivity index (χ3n) is 4.23. The first-order chi connectivity index (χ1) is 9.09. The average molecular weight is 269 g/mol. The van der Waals surface area contributed by atoms with Gasteiger partial charge in [0.25, 0.3) is 0 Å². The summed E-state index contributed by atoms with van der Waals surface area (Å²) in [5.74, 6) is -0.870. The zero-order valence-corrected chi connectivity index (χ0v) is 11.5. The Balaban J connectivity index is 1.83. The van der Waals surface area contributed by atoms with Crippen molar-refractivity contribution in [2.75, 3.05) is 13.2 Å². The van der Waals surface area contributed by atoms with Crippen LogP contribution < -0.4 is 0 Å². The van der Waals surface area contributed by atoms with Crippen LogP contribution in [0.5, 0.6) is 0 Å². The second-order valence-electron chi connectivity index (χ2n) is 5.66. The van der Waals surface area contributed by atoms with Crippen LogP contribution in [0.1, 0.15) is 45.4 Å².